The summed E-state index contributed by atoms with van der Waals surface area (Å²) in [4.78, 5) is 22.7. The highest BCUT2D eigenvalue weighted by atomic mass is 16.4. The molecule has 0 saturated carbocycles. The summed E-state index contributed by atoms with van der Waals surface area (Å²) in [5, 5.41) is 29.4. The Bertz CT molecular complexity index is 695. The van der Waals surface area contributed by atoms with Crippen LogP contribution in [0.5, 0.6) is 0 Å². The van der Waals surface area contributed by atoms with Gasteiger partial charge in [-0.05, 0) is 42.5 Å². The molecule has 0 unspecified atom stereocenters. The van der Waals surface area contributed by atoms with Gasteiger partial charge in [-0.3, -0.25) is 4.79 Å². The number of hydrogen-bond donors (Lipinski definition) is 4. The van der Waals surface area contributed by atoms with Crippen molar-refractivity contribution < 1.29 is 24.9 Å². The lowest BCUT2D eigenvalue weighted by Crippen LogP contribution is -2.30. The van der Waals surface area contributed by atoms with Crippen LogP contribution < -0.4 is 5.73 Å². The third kappa shape index (κ3) is 8.06. The molecule has 0 saturated heterocycles. The lowest BCUT2D eigenvalue weighted by Gasteiger charge is -2.27. The highest BCUT2D eigenvalue weighted by molar-refractivity contribution is 5.96. The van der Waals surface area contributed by atoms with Crippen LogP contribution in [0.4, 0.5) is 5.69 Å². The zero-order valence-electron chi connectivity index (χ0n) is 16.7. The molecule has 28 heavy (non-hydrogen) atoms. The summed E-state index contributed by atoms with van der Waals surface area (Å²) in [6, 6.07) is 6.60. The van der Waals surface area contributed by atoms with E-state index in [1.165, 1.54) is 6.08 Å². The summed E-state index contributed by atoms with van der Waals surface area (Å²) in [5.41, 5.74) is 6.71. The Kier molecular flexibility index (Phi) is 9.62. The number of nitrogen functional groups attached to an aromatic ring is 1. The molecular formula is C22H31NO5. The lowest BCUT2D eigenvalue weighted by atomic mass is 9.83. The van der Waals surface area contributed by atoms with Crippen molar-refractivity contribution in [2.45, 2.75) is 45.8 Å². The van der Waals surface area contributed by atoms with Crippen LogP contribution in [0, 0.1) is 17.8 Å². The average molecular weight is 389 g/mol. The number of anilines is 1. The second kappa shape index (κ2) is 11.4. The Labute approximate surface area is 166 Å². The second-order valence-electron chi connectivity index (χ2n) is 7.44. The molecule has 1 rings (SSSR count). The zero-order valence-corrected chi connectivity index (χ0v) is 16.7. The van der Waals surface area contributed by atoms with Crippen molar-refractivity contribution in [3.8, 4) is 0 Å². The molecule has 5 atom stereocenters. The molecule has 6 heteroatoms. The molecule has 0 aliphatic carbocycles. The molecule has 0 fully saturated rings. The first-order chi connectivity index (χ1) is 13.1. The summed E-state index contributed by atoms with van der Waals surface area (Å²) < 4.78 is 0. The molecule has 5 N–H and O–H groups in total. The topological polar surface area (TPSA) is 121 Å². The minimum Gasteiger partial charge on any atom is -0.478 e. The van der Waals surface area contributed by atoms with Crippen LogP contribution in [-0.2, 0) is 4.79 Å². The standard InChI is InChI=1S/C22H31NO5/c1-14(6-4-5-7-21(26)27)22(28)16(3)12-15(2)19(24)13-20(25)17-8-10-18(23)11-9-17/h4-11,14-16,19,22,24,28H,12-13,23H2,1-3H3,(H,26,27)/b6-4+,7-5+/t14-,15-,16-,19-,22-/m1/s1. The Morgan fingerprint density at radius 2 is 1.64 bits per heavy atom. The number of Topliss-reactive ketones (excluding diaryl/α,β-unsaturated/α-hetero) is 1. The number of aliphatic carboxylic acids is 1. The molecule has 0 aliphatic rings. The third-order valence-electron chi connectivity index (χ3n) is 4.91. The number of aliphatic hydroxyl groups excluding tert-OH is 2. The maximum Gasteiger partial charge on any atom is 0.328 e. The summed E-state index contributed by atoms with van der Waals surface area (Å²) >= 11 is 0. The smallest absolute Gasteiger partial charge is 0.328 e. The Morgan fingerprint density at radius 3 is 2.21 bits per heavy atom. The van der Waals surface area contributed by atoms with E-state index in [2.05, 4.69) is 0 Å². The molecule has 0 radical (unpaired) electrons. The molecule has 1 aromatic carbocycles. The summed E-state index contributed by atoms with van der Waals surface area (Å²) in [6.07, 6.45) is 4.90. The average Bonchev–Trinajstić information content (AvgIpc) is 2.64. The van der Waals surface area contributed by atoms with Gasteiger partial charge < -0.3 is 21.1 Å². The fourth-order valence-electron chi connectivity index (χ4n) is 3.07. The van der Waals surface area contributed by atoms with Crippen LogP contribution in [0.2, 0.25) is 0 Å². The van der Waals surface area contributed by atoms with E-state index in [0.29, 0.717) is 17.7 Å². The van der Waals surface area contributed by atoms with Gasteiger partial charge in [0.2, 0.25) is 0 Å². The molecule has 0 aliphatic heterocycles. The van der Waals surface area contributed by atoms with E-state index < -0.39 is 18.2 Å². The van der Waals surface area contributed by atoms with E-state index >= 15 is 0 Å². The van der Waals surface area contributed by atoms with Gasteiger partial charge in [-0.2, -0.15) is 0 Å². The van der Waals surface area contributed by atoms with Crippen LogP contribution in [0.3, 0.4) is 0 Å². The van der Waals surface area contributed by atoms with Gasteiger partial charge in [-0.25, -0.2) is 4.79 Å². The van der Waals surface area contributed by atoms with Crippen molar-refractivity contribution in [1.82, 2.24) is 0 Å². The van der Waals surface area contributed by atoms with Crippen molar-refractivity contribution in [3.05, 3.63) is 54.1 Å². The number of hydrogen-bond acceptors (Lipinski definition) is 5. The normalized spacial score (nSPS) is 17.3. The van der Waals surface area contributed by atoms with Gasteiger partial charge in [0.25, 0.3) is 0 Å². The first-order valence-electron chi connectivity index (χ1n) is 9.44. The minimum absolute atomic E-state index is 0.0172. The highest BCUT2D eigenvalue weighted by Crippen LogP contribution is 2.25. The van der Waals surface area contributed by atoms with E-state index in [0.717, 1.165) is 6.08 Å². The molecule has 0 heterocycles. The number of aliphatic hydroxyl groups is 2. The number of rotatable bonds is 11. The number of carbonyl (C=O) groups excluding carboxylic acids is 1. The Hall–Kier alpha value is -2.44. The fraction of sp³-hybridized carbons (Fsp3) is 0.455. The van der Waals surface area contributed by atoms with Gasteiger partial charge in [0, 0.05) is 29.7 Å². The van der Waals surface area contributed by atoms with E-state index in [9.17, 15) is 19.8 Å². The van der Waals surface area contributed by atoms with Gasteiger partial charge in [0.1, 0.15) is 0 Å². The SMILES string of the molecule is C[C@H](/C=C/C=C/C(=O)O)[C@@H](O)[C@H](C)C[C@@H](C)[C@H](O)CC(=O)c1ccc(N)cc1. The second-order valence-corrected chi connectivity index (χ2v) is 7.44. The van der Waals surface area contributed by atoms with E-state index in [4.69, 9.17) is 10.8 Å². The Morgan fingerprint density at radius 1 is 1.04 bits per heavy atom. The number of carbonyl (C=O) groups is 2. The van der Waals surface area contributed by atoms with Gasteiger partial charge in [0.05, 0.1) is 12.2 Å². The zero-order chi connectivity index (χ0) is 21.3. The van der Waals surface area contributed by atoms with Crippen molar-refractivity contribution in [2.75, 3.05) is 5.73 Å². The number of ketones is 1. The minimum atomic E-state index is -1.03. The molecule has 0 amide bonds. The summed E-state index contributed by atoms with van der Waals surface area (Å²) in [7, 11) is 0. The van der Waals surface area contributed by atoms with Crippen molar-refractivity contribution in [1.29, 1.82) is 0 Å². The van der Waals surface area contributed by atoms with Crippen molar-refractivity contribution >= 4 is 17.4 Å². The first-order valence-corrected chi connectivity index (χ1v) is 9.44. The highest BCUT2D eigenvalue weighted by Gasteiger charge is 2.25. The fourth-order valence-corrected chi connectivity index (χ4v) is 3.07. The van der Waals surface area contributed by atoms with Gasteiger partial charge in [0.15, 0.2) is 5.78 Å². The number of nitrogens with two attached hydrogens (primary N) is 1. The first kappa shape index (κ1) is 23.6. The van der Waals surface area contributed by atoms with Gasteiger partial charge in [-0.1, -0.05) is 39.0 Å². The van der Waals surface area contributed by atoms with E-state index in [1.54, 1.807) is 36.4 Å². The largest absolute Gasteiger partial charge is 0.478 e. The van der Waals surface area contributed by atoms with Gasteiger partial charge in [-0.15, -0.1) is 0 Å². The molecule has 1 aromatic rings. The van der Waals surface area contributed by atoms with Crippen LogP contribution in [0.25, 0.3) is 0 Å². The number of carboxylic acids is 1. The molecule has 0 bridgehead atoms. The van der Waals surface area contributed by atoms with Crippen LogP contribution in [0.15, 0.2) is 48.6 Å². The third-order valence-corrected chi connectivity index (χ3v) is 4.91. The quantitative estimate of drug-likeness (QED) is 0.200. The predicted molar refractivity (Wildman–Crippen MR) is 110 cm³/mol. The molecule has 0 aromatic heterocycles. The van der Waals surface area contributed by atoms with E-state index in [-0.39, 0.29) is 30.0 Å². The van der Waals surface area contributed by atoms with E-state index in [1.807, 2.05) is 20.8 Å². The number of carboxylic acid groups (broad SMARTS) is 1. The lowest BCUT2D eigenvalue weighted by molar-refractivity contribution is -0.131. The number of allylic oxidation sites excluding steroid dienone is 2. The molecule has 154 valence electrons. The molecule has 6 nitrogen and oxygen atoms in total. The maximum absolute atomic E-state index is 12.3. The van der Waals surface area contributed by atoms with Crippen molar-refractivity contribution in [2.24, 2.45) is 17.8 Å². The van der Waals surface area contributed by atoms with Crippen LogP contribution >= 0.6 is 0 Å². The Balaban J connectivity index is 2.54. The molecule has 0 spiro atoms. The monoisotopic (exact) mass is 389 g/mol. The summed E-state index contributed by atoms with van der Waals surface area (Å²) in [5.74, 6) is -1.60. The maximum atomic E-state index is 12.3. The summed E-state index contributed by atoms with van der Waals surface area (Å²) in [6.45, 7) is 5.60. The van der Waals surface area contributed by atoms with Gasteiger partial charge >= 0.3 is 5.97 Å². The van der Waals surface area contributed by atoms with Crippen LogP contribution in [0.1, 0.15) is 44.0 Å². The predicted octanol–water partition coefficient (Wildman–Crippen LogP) is 3.06. The van der Waals surface area contributed by atoms with Crippen molar-refractivity contribution in [3.63, 3.8) is 0 Å². The van der Waals surface area contributed by atoms with Crippen LogP contribution in [-0.4, -0.2) is 39.3 Å². The molecular weight excluding hydrogens is 358 g/mol. The number of benzene rings is 1.